The van der Waals surface area contributed by atoms with Gasteiger partial charge in [-0.25, -0.2) is 0 Å². The maximum Gasteiger partial charge on any atom is 0.0504 e. The van der Waals surface area contributed by atoms with Gasteiger partial charge in [-0.3, -0.25) is 0 Å². The summed E-state index contributed by atoms with van der Waals surface area (Å²) in [5.74, 6) is 0. The van der Waals surface area contributed by atoms with Gasteiger partial charge in [0, 0.05) is 17.6 Å². The molecule has 0 spiro atoms. The van der Waals surface area contributed by atoms with Crippen molar-refractivity contribution in [1.29, 1.82) is 0 Å². The summed E-state index contributed by atoms with van der Waals surface area (Å²) in [5, 5.41) is 12.8. The molecule has 0 amide bonds. The molecule has 1 fully saturated rings. The molecule has 1 aromatic rings. The number of hydrogen-bond acceptors (Lipinski definition) is 2. The van der Waals surface area contributed by atoms with E-state index in [0.29, 0.717) is 6.61 Å². The highest BCUT2D eigenvalue weighted by molar-refractivity contribution is 5.48. The lowest BCUT2D eigenvalue weighted by molar-refractivity contribution is 0.0576. The Morgan fingerprint density at radius 2 is 2.00 bits per heavy atom. The van der Waals surface area contributed by atoms with Crippen LogP contribution in [0, 0.1) is 19.3 Å². The van der Waals surface area contributed by atoms with E-state index in [1.807, 2.05) is 0 Å². The van der Waals surface area contributed by atoms with Crippen LogP contribution in [0.5, 0.6) is 0 Å². The fraction of sp³-hybridized carbons (Fsp3) is 0.571. The average molecular weight is 219 g/mol. The van der Waals surface area contributed by atoms with Crippen LogP contribution >= 0.6 is 0 Å². The third-order valence-corrected chi connectivity index (χ3v) is 3.92. The molecule has 0 heterocycles. The van der Waals surface area contributed by atoms with E-state index in [0.717, 1.165) is 19.4 Å². The third-order valence-electron chi connectivity index (χ3n) is 3.92. The van der Waals surface area contributed by atoms with Crippen molar-refractivity contribution < 1.29 is 5.11 Å². The summed E-state index contributed by atoms with van der Waals surface area (Å²) in [7, 11) is 0. The second-order valence-corrected chi connectivity index (χ2v) is 5.16. The number of rotatable bonds is 4. The SMILES string of the molecule is Cc1ccc(NCC2(CO)CCC2)cc1C. The number of hydrogen-bond donors (Lipinski definition) is 2. The first-order chi connectivity index (χ1) is 7.65. The van der Waals surface area contributed by atoms with Gasteiger partial charge in [0.05, 0.1) is 6.61 Å². The lowest BCUT2D eigenvalue weighted by Gasteiger charge is -2.40. The van der Waals surface area contributed by atoms with Crippen LogP contribution in [-0.2, 0) is 0 Å². The minimum Gasteiger partial charge on any atom is -0.396 e. The van der Waals surface area contributed by atoms with Crippen LogP contribution < -0.4 is 5.32 Å². The van der Waals surface area contributed by atoms with Crippen LogP contribution in [0.3, 0.4) is 0 Å². The minimum atomic E-state index is 0.152. The maximum atomic E-state index is 9.37. The zero-order valence-electron chi connectivity index (χ0n) is 10.2. The van der Waals surface area contributed by atoms with E-state index >= 15 is 0 Å². The summed E-state index contributed by atoms with van der Waals surface area (Å²) in [4.78, 5) is 0. The number of aryl methyl sites for hydroxylation is 2. The molecule has 0 unspecified atom stereocenters. The molecule has 2 heteroatoms. The molecule has 2 rings (SSSR count). The highest BCUT2D eigenvalue weighted by atomic mass is 16.3. The quantitative estimate of drug-likeness (QED) is 0.816. The molecule has 1 aliphatic carbocycles. The summed E-state index contributed by atoms with van der Waals surface area (Å²) in [5.41, 5.74) is 3.96. The molecular formula is C14H21NO. The van der Waals surface area contributed by atoms with Crippen LogP contribution in [0.15, 0.2) is 18.2 Å². The van der Waals surface area contributed by atoms with Gasteiger partial charge in [-0.2, -0.15) is 0 Å². The number of nitrogens with one attached hydrogen (secondary N) is 1. The third kappa shape index (κ3) is 2.22. The number of aliphatic hydroxyl groups is 1. The average Bonchev–Trinajstić information content (AvgIpc) is 2.22. The van der Waals surface area contributed by atoms with Crippen molar-refractivity contribution in [1.82, 2.24) is 0 Å². The van der Waals surface area contributed by atoms with Crippen molar-refractivity contribution >= 4 is 5.69 Å². The molecule has 0 atom stereocenters. The molecule has 2 N–H and O–H groups in total. The first-order valence-corrected chi connectivity index (χ1v) is 6.07. The fourth-order valence-corrected chi connectivity index (χ4v) is 2.21. The molecule has 2 nitrogen and oxygen atoms in total. The molecular weight excluding hydrogens is 198 g/mol. The molecule has 0 aliphatic heterocycles. The summed E-state index contributed by atoms with van der Waals surface area (Å²) >= 11 is 0. The Morgan fingerprint density at radius 1 is 1.25 bits per heavy atom. The highest BCUT2D eigenvalue weighted by Crippen LogP contribution is 2.40. The van der Waals surface area contributed by atoms with E-state index in [4.69, 9.17) is 0 Å². The second kappa shape index (κ2) is 4.46. The Labute approximate surface area is 97.7 Å². The maximum absolute atomic E-state index is 9.37. The van der Waals surface area contributed by atoms with Crippen molar-refractivity contribution in [3.8, 4) is 0 Å². The molecule has 0 radical (unpaired) electrons. The molecule has 0 aromatic heterocycles. The monoisotopic (exact) mass is 219 g/mol. The van der Waals surface area contributed by atoms with Crippen LogP contribution in [0.25, 0.3) is 0 Å². The van der Waals surface area contributed by atoms with Crippen LogP contribution in [0.2, 0.25) is 0 Å². The Bertz CT molecular complexity index is 363. The minimum absolute atomic E-state index is 0.152. The van der Waals surface area contributed by atoms with Gasteiger partial charge in [-0.05, 0) is 49.9 Å². The molecule has 0 saturated heterocycles. The lowest BCUT2D eigenvalue weighted by Crippen LogP contribution is -2.39. The van der Waals surface area contributed by atoms with Gasteiger partial charge in [0.2, 0.25) is 0 Å². The van der Waals surface area contributed by atoms with Gasteiger partial charge >= 0.3 is 0 Å². The summed E-state index contributed by atoms with van der Waals surface area (Å²) in [6.45, 7) is 5.46. The molecule has 1 aliphatic rings. The van der Waals surface area contributed by atoms with E-state index in [-0.39, 0.29) is 5.41 Å². The van der Waals surface area contributed by atoms with Gasteiger partial charge in [-0.15, -0.1) is 0 Å². The summed E-state index contributed by atoms with van der Waals surface area (Å²) in [6.07, 6.45) is 3.57. The molecule has 1 saturated carbocycles. The van der Waals surface area contributed by atoms with Gasteiger partial charge in [0.1, 0.15) is 0 Å². The van der Waals surface area contributed by atoms with Gasteiger partial charge in [-0.1, -0.05) is 12.5 Å². The first-order valence-electron chi connectivity index (χ1n) is 6.07. The topological polar surface area (TPSA) is 32.3 Å². The van der Waals surface area contributed by atoms with E-state index in [1.165, 1.54) is 23.2 Å². The Kier molecular flexibility index (Phi) is 3.20. The van der Waals surface area contributed by atoms with Crippen molar-refractivity contribution in [2.75, 3.05) is 18.5 Å². The van der Waals surface area contributed by atoms with Crippen molar-refractivity contribution in [2.45, 2.75) is 33.1 Å². The standard InChI is InChI=1S/C14H21NO/c1-11-4-5-13(8-12(11)2)15-9-14(10-16)6-3-7-14/h4-5,8,15-16H,3,6-7,9-10H2,1-2H3. The van der Waals surface area contributed by atoms with Gasteiger partial charge in [0.25, 0.3) is 0 Å². The summed E-state index contributed by atoms with van der Waals surface area (Å²) in [6, 6.07) is 6.44. The van der Waals surface area contributed by atoms with E-state index in [9.17, 15) is 5.11 Å². The predicted molar refractivity (Wildman–Crippen MR) is 67.8 cm³/mol. The van der Waals surface area contributed by atoms with Crippen molar-refractivity contribution in [2.24, 2.45) is 5.41 Å². The highest BCUT2D eigenvalue weighted by Gasteiger charge is 2.35. The largest absolute Gasteiger partial charge is 0.396 e. The molecule has 1 aromatic carbocycles. The smallest absolute Gasteiger partial charge is 0.0504 e. The number of anilines is 1. The normalized spacial score (nSPS) is 17.9. The molecule has 0 bridgehead atoms. The zero-order chi connectivity index (χ0) is 11.6. The van der Waals surface area contributed by atoms with Crippen molar-refractivity contribution in [3.05, 3.63) is 29.3 Å². The molecule has 88 valence electrons. The zero-order valence-corrected chi connectivity index (χ0v) is 10.2. The summed E-state index contributed by atoms with van der Waals surface area (Å²) < 4.78 is 0. The van der Waals surface area contributed by atoms with Crippen LogP contribution in [0.1, 0.15) is 30.4 Å². The Hall–Kier alpha value is -1.02. The Balaban J connectivity index is 1.96. The van der Waals surface area contributed by atoms with Crippen molar-refractivity contribution in [3.63, 3.8) is 0 Å². The lowest BCUT2D eigenvalue weighted by atomic mass is 9.69. The fourth-order valence-electron chi connectivity index (χ4n) is 2.21. The predicted octanol–water partition coefficient (Wildman–Crippen LogP) is 2.88. The van der Waals surface area contributed by atoms with E-state index < -0.39 is 0 Å². The van der Waals surface area contributed by atoms with Gasteiger partial charge in [0.15, 0.2) is 0 Å². The second-order valence-electron chi connectivity index (χ2n) is 5.16. The number of benzene rings is 1. The Morgan fingerprint density at radius 3 is 2.50 bits per heavy atom. The van der Waals surface area contributed by atoms with Gasteiger partial charge < -0.3 is 10.4 Å². The number of aliphatic hydroxyl groups excluding tert-OH is 1. The first kappa shape index (κ1) is 11.5. The van der Waals surface area contributed by atoms with Crippen LogP contribution in [-0.4, -0.2) is 18.3 Å². The molecule has 16 heavy (non-hydrogen) atoms. The van der Waals surface area contributed by atoms with E-state index in [1.54, 1.807) is 0 Å². The van der Waals surface area contributed by atoms with E-state index in [2.05, 4.69) is 37.4 Å². The van der Waals surface area contributed by atoms with Crippen LogP contribution in [0.4, 0.5) is 5.69 Å².